The molecule has 0 aliphatic heterocycles. The maximum absolute atomic E-state index is 10.3. The zero-order valence-electron chi connectivity index (χ0n) is 15.7. The van der Waals surface area contributed by atoms with Gasteiger partial charge in [-0.1, -0.05) is 48.0 Å². The lowest BCUT2D eigenvalue weighted by atomic mass is 9.74. The third kappa shape index (κ3) is 4.75. The first-order valence-electron chi connectivity index (χ1n) is 9.37. The highest BCUT2D eigenvalue weighted by molar-refractivity contribution is 5.55. The highest BCUT2D eigenvalue weighted by Crippen LogP contribution is 2.42. The molecule has 1 aliphatic carbocycles. The van der Waals surface area contributed by atoms with E-state index in [0.717, 1.165) is 42.5 Å². The van der Waals surface area contributed by atoms with E-state index in [0.29, 0.717) is 17.6 Å². The normalized spacial score (nSPS) is 22.1. The van der Waals surface area contributed by atoms with E-state index in [-0.39, 0.29) is 6.61 Å². The van der Waals surface area contributed by atoms with Crippen molar-refractivity contribution in [3.05, 3.63) is 70.8 Å². The third-order valence-corrected chi connectivity index (χ3v) is 5.18. The lowest BCUT2D eigenvalue weighted by Gasteiger charge is -2.33. The molecule has 2 aromatic carbocycles. The largest absolute Gasteiger partial charge is 0.508 e. The second-order valence-electron chi connectivity index (χ2n) is 7.73. The minimum Gasteiger partial charge on any atom is -0.508 e. The molecule has 0 spiro atoms. The van der Waals surface area contributed by atoms with E-state index in [1.165, 1.54) is 5.57 Å². The Labute approximate surface area is 156 Å². The minimum absolute atomic E-state index is 0.0702. The molecule has 1 fully saturated rings. The van der Waals surface area contributed by atoms with E-state index in [1.807, 2.05) is 24.3 Å². The molecule has 2 aromatic rings. The van der Waals surface area contributed by atoms with Crippen LogP contribution in [0.15, 0.2) is 54.1 Å². The van der Waals surface area contributed by atoms with Crippen molar-refractivity contribution in [1.29, 1.82) is 0 Å². The van der Waals surface area contributed by atoms with Crippen LogP contribution in [0.3, 0.4) is 0 Å². The lowest BCUT2D eigenvalue weighted by molar-refractivity contribution is 0.274. The Balaban J connectivity index is 1.88. The molecular formula is C23H29NO2. The summed E-state index contributed by atoms with van der Waals surface area (Å²) in [7, 11) is 4.25. The molecule has 3 nitrogen and oxygen atoms in total. The standard InChI is InChI=1S/C23H29NO2/c1-24(2)15-20-12-19(11-17-6-5-7-18(10-17)16-25)13-21(14-20)22-8-3-4-9-23(22)26/h3-11,20-21,25-26H,12-16H2,1-2H3. The molecule has 26 heavy (non-hydrogen) atoms. The zero-order valence-corrected chi connectivity index (χ0v) is 15.7. The quantitative estimate of drug-likeness (QED) is 0.838. The van der Waals surface area contributed by atoms with Gasteiger partial charge < -0.3 is 15.1 Å². The van der Waals surface area contributed by atoms with Gasteiger partial charge in [-0.2, -0.15) is 0 Å². The Morgan fingerprint density at radius 2 is 1.88 bits per heavy atom. The first kappa shape index (κ1) is 18.7. The number of rotatable bonds is 5. The van der Waals surface area contributed by atoms with Crippen molar-refractivity contribution in [2.75, 3.05) is 20.6 Å². The molecule has 2 N–H and O–H groups in total. The van der Waals surface area contributed by atoms with Crippen molar-refractivity contribution < 1.29 is 10.2 Å². The maximum Gasteiger partial charge on any atom is 0.119 e. The van der Waals surface area contributed by atoms with Crippen LogP contribution in [0.4, 0.5) is 0 Å². The van der Waals surface area contributed by atoms with Crippen LogP contribution in [0.2, 0.25) is 0 Å². The van der Waals surface area contributed by atoms with Gasteiger partial charge in [0.05, 0.1) is 6.61 Å². The summed E-state index contributed by atoms with van der Waals surface area (Å²) in [5, 5.41) is 19.7. The number of benzene rings is 2. The van der Waals surface area contributed by atoms with Crippen LogP contribution in [0.5, 0.6) is 5.75 Å². The van der Waals surface area contributed by atoms with E-state index < -0.39 is 0 Å². The number of phenols is 1. The second-order valence-corrected chi connectivity index (χ2v) is 7.73. The van der Waals surface area contributed by atoms with Gasteiger partial charge in [0.15, 0.2) is 0 Å². The molecule has 0 bridgehead atoms. The lowest BCUT2D eigenvalue weighted by Crippen LogP contribution is -2.27. The second kappa shape index (κ2) is 8.52. The number of aliphatic hydroxyl groups is 1. The zero-order chi connectivity index (χ0) is 18.5. The Bertz CT molecular complexity index is 766. The van der Waals surface area contributed by atoms with Crippen LogP contribution in [0.25, 0.3) is 6.08 Å². The van der Waals surface area contributed by atoms with E-state index >= 15 is 0 Å². The number of hydrogen-bond donors (Lipinski definition) is 2. The average Bonchev–Trinajstić information content (AvgIpc) is 2.61. The Morgan fingerprint density at radius 1 is 1.08 bits per heavy atom. The smallest absolute Gasteiger partial charge is 0.119 e. The van der Waals surface area contributed by atoms with Gasteiger partial charge in [-0.3, -0.25) is 0 Å². The van der Waals surface area contributed by atoms with Crippen LogP contribution in [0.1, 0.15) is 41.9 Å². The molecule has 1 aliphatic rings. The molecule has 1 saturated carbocycles. The number of nitrogens with zero attached hydrogens (tertiary/aromatic N) is 1. The van der Waals surface area contributed by atoms with Crippen LogP contribution >= 0.6 is 0 Å². The van der Waals surface area contributed by atoms with E-state index in [1.54, 1.807) is 6.07 Å². The molecular weight excluding hydrogens is 322 g/mol. The van der Waals surface area contributed by atoms with E-state index in [2.05, 4.69) is 43.3 Å². The summed E-state index contributed by atoms with van der Waals surface area (Å²) in [6.45, 7) is 1.12. The fourth-order valence-corrected chi connectivity index (χ4v) is 4.20. The van der Waals surface area contributed by atoms with Gasteiger partial charge in [0.2, 0.25) is 0 Å². The van der Waals surface area contributed by atoms with Gasteiger partial charge in [-0.25, -0.2) is 0 Å². The summed E-state index contributed by atoms with van der Waals surface area (Å²) in [6.07, 6.45) is 5.44. The Morgan fingerprint density at radius 3 is 2.62 bits per heavy atom. The average molecular weight is 351 g/mol. The number of allylic oxidation sites excluding steroid dienone is 1. The van der Waals surface area contributed by atoms with E-state index in [4.69, 9.17) is 0 Å². The van der Waals surface area contributed by atoms with Crippen molar-refractivity contribution in [3.8, 4) is 5.75 Å². The van der Waals surface area contributed by atoms with Crippen LogP contribution in [-0.4, -0.2) is 35.8 Å². The predicted molar refractivity (Wildman–Crippen MR) is 107 cm³/mol. The van der Waals surface area contributed by atoms with Crippen molar-refractivity contribution in [2.24, 2.45) is 5.92 Å². The van der Waals surface area contributed by atoms with Crippen LogP contribution in [0, 0.1) is 5.92 Å². The first-order chi connectivity index (χ1) is 12.5. The molecule has 0 saturated heterocycles. The Hall–Kier alpha value is -2.10. The SMILES string of the molecule is CN(C)CC1CC(=Cc2cccc(CO)c2)CC(c2ccccc2O)C1. The molecule has 2 unspecified atom stereocenters. The van der Waals surface area contributed by atoms with Gasteiger partial charge in [-0.05, 0) is 74.0 Å². The van der Waals surface area contributed by atoms with Gasteiger partial charge in [0.1, 0.15) is 5.75 Å². The summed E-state index contributed by atoms with van der Waals surface area (Å²) in [5.41, 5.74) is 4.57. The monoisotopic (exact) mass is 351 g/mol. The van der Waals surface area contributed by atoms with Gasteiger partial charge in [0.25, 0.3) is 0 Å². The molecule has 3 rings (SSSR count). The number of para-hydroxylation sites is 1. The highest BCUT2D eigenvalue weighted by Gasteiger charge is 2.27. The van der Waals surface area contributed by atoms with E-state index in [9.17, 15) is 10.2 Å². The molecule has 0 radical (unpaired) electrons. The third-order valence-electron chi connectivity index (χ3n) is 5.18. The fraction of sp³-hybridized carbons (Fsp3) is 0.391. The van der Waals surface area contributed by atoms with Gasteiger partial charge in [0, 0.05) is 6.54 Å². The van der Waals surface area contributed by atoms with Crippen LogP contribution in [-0.2, 0) is 6.61 Å². The van der Waals surface area contributed by atoms with Gasteiger partial charge >= 0.3 is 0 Å². The number of aliphatic hydroxyl groups excluding tert-OH is 1. The molecule has 2 atom stereocenters. The summed E-state index contributed by atoms with van der Waals surface area (Å²) in [4.78, 5) is 2.25. The fourth-order valence-electron chi connectivity index (χ4n) is 4.20. The molecule has 138 valence electrons. The van der Waals surface area contributed by atoms with Crippen molar-refractivity contribution in [3.63, 3.8) is 0 Å². The minimum atomic E-state index is 0.0702. The molecule has 0 aromatic heterocycles. The number of phenolic OH excluding ortho intramolecular Hbond substituents is 1. The molecule has 0 amide bonds. The molecule has 0 heterocycles. The first-order valence-corrected chi connectivity index (χ1v) is 9.37. The van der Waals surface area contributed by atoms with Crippen molar-refractivity contribution >= 4 is 6.08 Å². The number of hydrogen-bond acceptors (Lipinski definition) is 3. The summed E-state index contributed by atoms with van der Waals surface area (Å²) in [6, 6.07) is 15.8. The van der Waals surface area contributed by atoms with Gasteiger partial charge in [-0.15, -0.1) is 0 Å². The Kier molecular flexibility index (Phi) is 6.12. The van der Waals surface area contributed by atoms with Crippen LogP contribution < -0.4 is 0 Å². The molecule has 3 heteroatoms. The highest BCUT2D eigenvalue weighted by atomic mass is 16.3. The maximum atomic E-state index is 10.3. The summed E-state index contributed by atoms with van der Waals surface area (Å²) >= 11 is 0. The number of aromatic hydroxyl groups is 1. The summed E-state index contributed by atoms with van der Waals surface area (Å²) < 4.78 is 0. The topological polar surface area (TPSA) is 43.7 Å². The predicted octanol–water partition coefficient (Wildman–Crippen LogP) is 4.41. The van der Waals surface area contributed by atoms with Crippen molar-refractivity contribution in [1.82, 2.24) is 4.90 Å². The van der Waals surface area contributed by atoms with Crippen molar-refractivity contribution in [2.45, 2.75) is 31.8 Å². The summed E-state index contributed by atoms with van der Waals surface area (Å²) in [5.74, 6) is 1.34.